The van der Waals surface area contributed by atoms with E-state index < -0.39 is 0 Å². The van der Waals surface area contributed by atoms with Gasteiger partial charge in [-0.05, 0) is 35.7 Å². The number of amidine groups is 1. The van der Waals surface area contributed by atoms with Crippen LogP contribution in [0.3, 0.4) is 0 Å². The lowest BCUT2D eigenvalue weighted by molar-refractivity contribution is 0.305. The number of hydrogen-bond donors (Lipinski definition) is 2. The molecule has 100 valence electrons. The zero-order valence-electron chi connectivity index (χ0n) is 10.7. The highest BCUT2D eigenvalue weighted by atomic mass is 16.5. The lowest BCUT2D eigenvalue weighted by Gasteiger charge is -2.07. The number of ether oxygens (including phenoxy) is 1. The maximum absolute atomic E-state index is 8.40. The summed E-state index contributed by atoms with van der Waals surface area (Å²) in [7, 11) is 0. The van der Waals surface area contributed by atoms with Gasteiger partial charge in [-0.25, -0.2) is 0 Å². The highest BCUT2D eigenvalue weighted by Gasteiger charge is 1.98. The normalized spacial score (nSPS) is 11.7. The van der Waals surface area contributed by atoms with Crippen LogP contribution < -0.4 is 10.5 Å². The van der Waals surface area contributed by atoms with E-state index in [0.717, 1.165) is 18.6 Å². The van der Waals surface area contributed by atoms with Crippen molar-refractivity contribution in [2.75, 3.05) is 6.61 Å². The van der Waals surface area contributed by atoms with E-state index in [1.807, 2.05) is 24.3 Å². The summed E-state index contributed by atoms with van der Waals surface area (Å²) in [6, 6.07) is 14.3. The quantitative estimate of drug-likeness (QED) is 0.275. The zero-order valence-corrected chi connectivity index (χ0v) is 10.7. The number of nitrogens with zero attached hydrogens (tertiary/aromatic N) is 1. The molecule has 3 N–H and O–H groups in total. The lowest BCUT2D eigenvalue weighted by atomic mass is 10.1. The van der Waals surface area contributed by atoms with Crippen molar-refractivity contribution < 1.29 is 9.94 Å². The molecular weight excluding hydrogens is 240 g/mol. The Hall–Kier alpha value is -2.23. The number of hydrogen-bond acceptors (Lipinski definition) is 3. The van der Waals surface area contributed by atoms with Crippen molar-refractivity contribution in [3.05, 3.63) is 42.5 Å². The summed E-state index contributed by atoms with van der Waals surface area (Å²) in [5, 5.41) is 13.7. The van der Waals surface area contributed by atoms with Crippen LogP contribution in [0.1, 0.15) is 19.3 Å². The largest absolute Gasteiger partial charge is 0.494 e. The van der Waals surface area contributed by atoms with Crippen LogP contribution in [0.15, 0.2) is 47.6 Å². The molecule has 2 aromatic carbocycles. The highest BCUT2D eigenvalue weighted by molar-refractivity contribution is 5.83. The highest BCUT2D eigenvalue weighted by Crippen LogP contribution is 2.20. The minimum atomic E-state index is 0.269. The Morgan fingerprint density at radius 3 is 2.68 bits per heavy atom. The summed E-state index contributed by atoms with van der Waals surface area (Å²) in [4.78, 5) is 0. The minimum Gasteiger partial charge on any atom is -0.494 e. The molecule has 0 aliphatic rings. The average molecular weight is 258 g/mol. The van der Waals surface area contributed by atoms with Crippen LogP contribution in [0, 0.1) is 0 Å². The van der Waals surface area contributed by atoms with Crippen LogP contribution in [-0.2, 0) is 0 Å². The van der Waals surface area contributed by atoms with Gasteiger partial charge < -0.3 is 15.7 Å². The summed E-state index contributed by atoms with van der Waals surface area (Å²) < 4.78 is 5.69. The summed E-state index contributed by atoms with van der Waals surface area (Å²) in [5.74, 6) is 1.15. The van der Waals surface area contributed by atoms with Gasteiger partial charge >= 0.3 is 0 Å². The van der Waals surface area contributed by atoms with Crippen molar-refractivity contribution in [1.29, 1.82) is 0 Å². The third-order valence-electron chi connectivity index (χ3n) is 2.95. The zero-order chi connectivity index (χ0) is 13.5. The summed E-state index contributed by atoms with van der Waals surface area (Å²) in [6.45, 7) is 0.636. The molecule has 0 bridgehead atoms. The number of rotatable bonds is 6. The van der Waals surface area contributed by atoms with Crippen molar-refractivity contribution in [2.24, 2.45) is 10.9 Å². The molecule has 2 aromatic rings. The van der Waals surface area contributed by atoms with Crippen molar-refractivity contribution in [1.82, 2.24) is 0 Å². The van der Waals surface area contributed by atoms with Gasteiger partial charge in [-0.2, -0.15) is 0 Å². The van der Waals surface area contributed by atoms with Gasteiger partial charge in [-0.1, -0.05) is 35.5 Å². The Labute approximate surface area is 112 Å². The first-order valence-electron chi connectivity index (χ1n) is 6.37. The van der Waals surface area contributed by atoms with Gasteiger partial charge in [0.25, 0.3) is 0 Å². The second-order valence-corrected chi connectivity index (χ2v) is 4.41. The van der Waals surface area contributed by atoms with Gasteiger partial charge in [0.05, 0.1) is 6.61 Å². The average Bonchev–Trinajstić information content (AvgIpc) is 2.46. The molecule has 0 saturated heterocycles. The minimum absolute atomic E-state index is 0.269. The Morgan fingerprint density at radius 1 is 1.11 bits per heavy atom. The summed E-state index contributed by atoms with van der Waals surface area (Å²) >= 11 is 0. The fourth-order valence-electron chi connectivity index (χ4n) is 1.91. The Kier molecular flexibility index (Phi) is 4.61. The van der Waals surface area contributed by atoms with Crippen LogP contribution >= 0.6 is 0 Å². The van der Waals surface area contributed by atoms with Crippen molar-refractivity contribution in [3.8, 4) is 5.75 Å². The first-order valence-corrected chi connectivity index (χ1v) is 6.37. The molecule has 0 unspecified atom stereocenters. The molecule has 0 amide bonds. The van der Waals surface area contributed by atoms with E-state index in [4.69, 9.17) is 15.7 Å². The van der Waals surface area contributed by atoms with E-state index in [1.165, 1.54) is 10.8 Å². The molecule has 0 radical (unpaired) electrons. The first kappa shape index (κ1) is 13.2. The van der Waals surface area contributed by atoms with Gasteiger partial charge in [-0.3, -0.25) is 0 Å². The molecule has 2 rings (SSSR count). The molecule has 0 aromatic heterocycles. The van der Waals surface area contributed by atoms with E-state index in [-0.39, 0.29) is 5.84 Å². The summed E-state index contributed by atoms with van der Waals surface area (Å²) in [5.41, 5.74) is 5.39. The van der Waals surface area contributed by atoms with Crippen molar-refractivity contribution in [2.45, 2.75) is 19.3 Å². The molecule has 0 aliphatic carbocycles. The van der Waals surface area contributed by atoms with Crippen LogP contribution in [0.5, 0.6) is 5.75 Å². The summed E-state index contributed by atoms with van der Waals surface area (Å²) in [6.07, 6.45) is 2.32. The number of fused-ring (bicyclic) bond motifs is 1. The number of unbranched alkanes of at least 4 members (excludes halogenated alkanes) is 1. The second-order valence-electron chi connectivity index (χ2n) is 4.41. The fraction of sp³-hybridized carbons (Fsp3) is 0.267. The topological polar surface area (TPSA) is 67.8 Å². The van der Waals surface area contributed by atoms with Crippen LogP contribution in [0.4, 0.5) is 0 Å². The van der Waals surface area contributed by atoms with Gasteiger partial charge in [0.1, 0.15) is 11.6 Å². The molecule has 0 fully saturated rings. The van der Waals surface area contributed by atoms with E-state index in [2.05, 4.69) is 23.4 Å². The molecule has 19 heavy (non-hydrogen) atoms. The maximum atomic E-state index is 8.40. The van der Waals surface area contributed by atoms with Gasteiger partial charge in [0.2, 0.25) is 0 Å². The SMILES string of the molecule is N/C(CCCCOc1ccc2ccccc2c1)=N/O. The standard InChI is InChI=1S/C15H18N2O2/c16-15(17-18)7-3-4-10-19-14-9-8-12-5-1-2-6-13(12)11-14/h1-2,5-6,8-9,11,18H,3-4,7,10H2,(H2,16,17). The number of benzene rings is 2. The fourth-order valence-corrected chi connectivity index (χ4v) is 1.91. The molecule has 0 atom stereocenters. The molecule has 4 heteroatoms. The van der Waals surface area contributed by atoms with E-state index in [9.17, 15) is 0 Å². The molecule has 0 aliphatic heterocycles. The first-order chi connectivity index (χ1) is 9.29. The smallest absolute Gasteiger partial charge is 0.139 e. The number of nitrogens with two attached hydrogens (primary N) is 1. The Balaban J connectivity index is 1.81. The number of oxime groups is 1. The Morgan fingerprint density at radius 2 is 1.89 bits per heavy atom. The van der Waals surface area contributed by atoms with Gasteiger partial charge in [0.15, 0.2) is 0 Å². The second kappa shape index (κ2) is 6.64. The maximum Gasteiger partial charge on any atom is 0.139 e. The van der Waals surface area contributed by atoms with Crippen LogP contribution in [-0.4, -0.2) is 17.6 Å². The lowest BCUT2D eigenvalue weighted by Crippen LogP contribution is -2.11. The monoisotopic (exact) mass is 258 g/mol. The molecule has 0 spiro atoms. The molecule has 0 saturated carbocycles. The predicted octanol–water partition coefficient (Wildman–Crippen LogP) is 3.14. The van der Waals surface area contributed by atoms with Crippen LogP contribution in [0.25, 0.3) is 10.8 Å². The van der Waals surface area contributed by atoms with Crippen molar-refractivity contribution in [3.63, 3.8) is 0 Å². The van der Waals surface area contributed by atoms with Gasteiger partial charge in [0, 0.05) is 6.42 Å². The van der Waals surface area contributed by atoms with Crippen LogP contribution in [0.2, 0.25) is 0 Å². The van der Waals surface area contributed by atoms with Gasteiger partial charge in [-0.15, -0.1) is 0 Å². The predicted molar refractivity (Wildman–Crippen MR) is 76.7 cm³/mol. The van der Waals surface area contributed by atoms with E-state index >= 15 is 0 Å². The Bertz CT molecular complexity index is 567. The third-order valence-corrected chi connectivity index (χ3v) is 2.95. The van der Waals surface area contributed by atoms with E-state index in [1.54, 1.807) is 0 Å². The molecular formula is C15H18N2O2. The van der Waals surface area contributed by atoms with E-state index in [0.29, 0.717) is 13.0 Å². The van der Waals surface area contributed by atoms with Crippen molar-refractivity contribution >= 4 is 16.6 Å². The third kappa shape index (κ3) is 3.88. The molecule has 4 nitrogen and oxygen atoms in total. The molecule has 0 heterocycles.